The Labute approximate surface area is 316 Å². The summed E-state index contributed by atoms with van der Waals surface area (Å²) in [6.07, 6.45) is 0. The molecule has 0 unspecified atom stereocenters. The standard InChI is InChI=1S/C50H29N5/c1-51-33-25-27-47-41(30-33)39-17-5-9-22-45(39)53(47)34-14-11-13-32(29-34)36-19-12-24-49(50(36)52-2)55-46-23-10-6-18-40(46)42-31-35(26-28-48(42)55)54-43-20-7-3-15-37(43)38-16-4-8-21-44(38)54/h3-31H. The third kappa shape index (κ3) is 4.45. The number of aromatic nitrogens is 3. The molecule has 0 saturated carbocycles. The summed E-state index contributed by atoms with van der Waals surface area (Å²) in [5.41, 5.74) is 12.5. The fourth-order valence-electron chi connectivity index (χ4n) is 8.74. The maximum absolute atomic E-state index is 8.60. The summed E-state index contributed by atoms with van der Waals surface area (Å²) in [5, 5.41) is 6.88. The lowest BCUT2D eigenvalue weighted by Gasteiger charge is -2.15. The number of benzene rings is 8. The molecule has 5 heteroatoms. The summed E-state index contributed by atoms with van der Waals surface area (Å²) < 4.78 is 6.86. The second-order valence-corrected chi connectivity index (χ2v) is 13.9. The predicted octanol–water partition coefficient (Wildman–Crippen LogP) is 13.7. The van der Waals surface area contributed by atoms with Gasteiger partial charge in [0.25, 0.3) is 0 Å². The Morgan fingerprint density at radius 1 is 0.345 bits per heavy atom. The van der Waals surface area contributed by atoms with E-state index >= 15 is 0 Å². The van der Waals surface area contributed by atoms with Gasteiger partial charge < -0.3 is 13.7 Å². The Balaban J connectivity index is 1.10. The number of fused-ring (bicyclic) bond motifs is 9. The van der Waals surface area contributed by atoms with Crippen LogP contribution < -0.4 is 0 Å². The van der Waals surface area contributed by atoms with E-state index in [-0.39, 0.29) is 0 Å². The van der Waals surface area contributed by atoms with Crippen molar-refractivity contribution < 1.29 is 0 Å². The molecule has 0 aliphatic rings. The molecule has 254 valence electrons. The minimum Gasteiger partial charge on any atom is -0.319 e. The van der Waals surface area contributed by atoms with Gasteiger partial charge in [-0.1, -0.05) is 103 Å². The molecule has 8 aromatic carbocycles. The van der Waals surface area contributed by atoms with Crippen molar-refractivity contribution in [1.29, 1.82) is 0 Å². The van der Waals surface area contributed by atoms with Crippen LogP contribution in [0, 0.1) is 13.1 Å². The molecule has 11 aromatic rings. The van der Waals surface area contributed by atoms with Crippen LogP contribution in [0.4, 0.5) is 11.4 Å². The molecule has 0 radical (unpaired) electrons. The summed E-state index contributed by atoms with van der Waals surface area (Å²) in [6.45, 7) is 16.2. The summed E-state index contributed by atoms with van der Waals surface area (Å²) >= 11 is 0. The van der Waals surface area contributed by atoms with Crippen molar-refractivity contribution in [2.75, 3.05) is 0 Å². The lowest BCUT2D eigenvalue weighted by molar-refractivity contribution is 1.17. The van der Waals surface area contributed by atoms with Gasteiger partial charge >= 0.3 is 0 Å². The second kappa shape index (κ2) is 11.8. The zero-order chi connectivity index (χ0) is 36.6. The van der Waals surface area contributed by atoms with E-state index in [4.69, 9.17) is 13.1 Å². The van der Waals surface area contributed by atoms with Crippen molar-refractivity contribution in [3.05, 3.63) is 199 Å². The molecular weight excluding hydrogens is 671 g/mol. The zero-order valence-corrected chi connectivity index (χ0v) is 29.5. The van der Waals surface area contributed by atoms with Gasteiger partial charge in [-0.15, -0.1) is 0 Å². The Hall–Kier alpha value is -7.86. The van der Waals surface area contributed by atoms with Gasteiger partial charge in [0, 0.05) is 38.3 Å². The highest BCUT2D eigenvalue weighted by atomic mass is 15.0. The molecule has 0 bridgehead atoms. The van der Waals surface area contributed by atoms with E-state index < -0.39 is 0 Å². The maximum atomic E-state index is 8.60. The Bertz CT molecular complexity index is 3420. The molecule has 0 spiro atoms. The van der Waals surface area contributed by atoms with Crippen LogP contribution >= 0.6 is 0 Å². The van der Waals surface area contributed by atoms with Crippen LogP contribution in [0.1, 0.15) is 0 Å². The topological polar surface area (TPSA) is 23.5 Å². The molecule has 11 rings (SSSR count). The summed E-state index contributed by atoms with van der Waals surface area (Å²) in [7, 11) is 0. The van der Waals surface area contributed by atoms with E-state index in [1.165, 1.54) is 21.8 Å². The van der Waals surface area contributed by atoms with E-state index in [9.17, 15) is 0 Å². The van der Waals surface area contributed by atoms with Crippen molar-refractivity contribution in [1.82, 2.24) is 13.7 Å². The number of hydrogen-bond acceptors (Lipinski definition) is 0. The third-order valence-corrected chi connectivity index (χ3v) is 11.1. The first kappa shape index (κ1) is 30.7. The van der Waals surface area contributed by atoms with Gasteiger partial charge in [0.15, 0.2) is 5.69 Å². The van der Waals surface area contributed by atoms with Crippen LogP contribution in [0.3, 0.4) is 0 Å². The van der Waals surface area contributed by atoms with E-state index in [2.05, 4.69) is 175 Å². The Morgan fingerprint density at radius 2 is 0.836 bits per heavy atom. The first-order valence-corrected chi connectivity index (χ1v) is 18.3. The Kier molecular flexibility index (Phi) is 6.61. The second-order valence-electron chi connectivity index (χ2n) is 13.9. The zero-order valence-electron chi connectivity index (χ0n) is 29.5. The van der Waals surface area contributed by atoms with Crippen molar-refractivity contribution in [3.8, 4) is 28.2 Å². The molecule has 0 amide bonds. The minimum atomic E-state index is 0.595. The molecule has 3 heterocycles. The average Bonchev–Trinajstić information content (AvgIpc) is 3.88. The molecular formula is C50H29N5. The van der Waals surface area contributed by atoms with E-state index in [1.807, 2.05) is 24.3 Å². The highest BCUT2D eigenvalue weighted by molar-refractivity contribution is 6.13. The van der Waals surface area contributed by atoms with Gasteiger partial charge in [0.2, 0.25) is 5.69 Å². The Morgan fingerprint density at radius 3 is 1.45 bits per heavy atom. The first-order chi connectivity index (χ1) is 27.2. The molecule has 0 atom stereocenters. The average molecular weight is 700 g/mol. The first-order valence-electron chi connectivity index (χ1n) is 18.3. The fourth-order valence-corrected chi connectivity index (χ4v) is 8.74. The van der Waals surface area contributed by atoms with Gasteiger partial charge in [0.1, 0.15) is 0 Å². The third-order valence-electron chi connectivity index (χ3n) is 11.1. The summed E-state index contributed by atoms with van der Waals surface area (Å²) in [6, 6.07) is 61.2. The fraction of sp³-hybridized carbons (Fsp3) is 0. The number of rotatable bonds is 4. The molecule has 0 aliphatic heterocycles. The van der Waals surface area contributed by atoms with Gasteiger partial charge in [0.05, 0.1) is 51.9 Å². The monoisotopic (exact) mass is 699 g/mol. The van der Waals surface area contributed by atoms with E-state index in [0.717, 1.165) is 71.8 Å². The van der Waals surface area contributed by atoms with Gasteiger partial charge in [-0.2, -0.15) is 0 Å². The summed E-state index contributed by atoms with van der Waals surface area (Å²) in [5.74, 6) is 0. The maximum Gasteiger partial charge on any atom is 0.218 e. The molecule has 0 fully saturated rings. The van der Waals surface area contributed by atoms with Crippen molar-refractivity contribution in [2.45, 2.75) is 0 Å². The van der Waals surface area contributed by atoms with Gasteiger partial charge in [-0.3, -0.25) is 0 Å². The SMILES string of the molecule is [C-]#[N+]c1ccc2c(c1)c1ccccc1n2-c1cccc(-c2cccc(-n3c4ccccc4c4cc(-n5c6ccccc6c6ccccc65)ccc43)c2[N+]#[C-])c1. The van der Waals surface area contributed by atoms with Crippen molar-refractivity contribution in [3.63, 3.8) is 0 Å². The molecule has 55 heavy (non-hydrogen) atoms. The molecule has 0 N–H and O–H groups in total. The highest BCUT2D eigenvalue weighted by Crippen LogP contribution is 2.43. The lowest BCUT2D eigenvalue weighted by Crippen LogP contribution is -1.97. The van der Waals surface area contributed by atoms with Crippen molar-refractivity contribution >= 4 is 76.8 Å². The van der Waals surface area contributed by atoms with E-state index in [1.54, 1.807) is 0 Å². The highest BCUT2D eigenvalue weighted by Gasteiger charge is 2.20. The normalized spacial score (nSPS) is 11.6. The predicted molar refractivity (Wildman–Crippen MR) is 227 cm³/mol. The lowest BCUT2D eigenvalue weighted by atomic mass is 10.0. The molecule has 0 aliphatic carbocycles. The van der Waals surface area contributed by atoms with Crippen LogP contribution in [0.25, 0.3) is 103 Å². The quantitative estimate of drug-likeness (QED) is 0.163. The van der Waals surface area contributed by atoms with Crippen LogP contribution in [0.15, 0.2) is 176 Å². The number of para-hydroxylation sites is 5. The molecule has 3 aromatic heterocycles. The van der Waals surface area contributed by atoms with Gasteiger partial charge in [-0.05, 0) is 89.3 Å². The van der Waals surface area contributed by atoms with Crippen molar-refractivity contribution in [2.24, 2.45) is 0 Å². The van der Waals surface area contributed by atoms with Crippen LogP contribution in [-0.2, 0) is 0 Å². The minimum absolute atomic E-state index is 0.595. The molecule has 5 nitrogen and oxygen atoms in total. The summed E-state index contributed by atoms with van der Waals surface area (Å²) in [4.78, 5) is 7.94. The van der Waals surface area contributed by atoms with Crippen LogP contribution in [0.2, 0.25) is 0 Å². The van der Waals surface area contributed by atoms with Crippen LogP contribution in [0.5, 0.6) is 0 Å². The van der Waals surface area contributed by atoms with Crippen LogP contribution in [-0.4, -0.2) is 13.7 Å². The number of nitrogens with zero attached hydrogens (tertiary/aromatic N) is 5. The smallest absolute Gasteiger partial charge is 0.218 e. The number of hydrogen-bond donors (Lipinski definition) is 0. The largest absolute Gasteiger partial charge is 0.319 e. The van der Waals surface area contributed by atoms with Gasteiger partial charge in [-0.25, -0.2) is 9.69 Å². The van der Waals surface area contributed by atoms with E-state index in [0.29, 0.717) is 11.4 Å². The molecule has 0 saturated heterocycles.